The fourth-order valence-electron chi connectivity index (χ4n) is 3.53. The molecule has 0 atom stereocenters. The van der Waals surface area contributed by atoms with Gasteiger partial charge < -0.3 is 41.0 Å². The van der Waals surface area contributed by atoms with E-state index in [1.165, 1.54) is 12.8 Å². The number of aromatic nitrogens is 3. The molecule has 1 saturated heterocycles. The van der Waals surface area contributed by atoms with Crippen molar-refractivity contribution < 1.29 is 19.1 Å². The summed E-state index contributed by atoms with van der Waals surface area (Å²) in [4.78, 5) is 39.4. The first-order chi connectivity index (χ1) is 17.9. The maximum atomic E-state index is 11.8. The lowest BCUT2D eigenvalue weighted by Crippen LogP contribution is -2.33. The number of hydrogen-bond acceptors (Lipinski definition) is 11. The molecule has 1 aliphatic heterocycles. The summed E-state index contributed by atoms with van der Waals surface area (Å²) in [6.45, 7) is 17.0. The second kappa shape index (κ2) is 15.4. The fourth-order valence-corrected chi connectivity index (χ4v) is 3.53. The highest BCUT2D eigenvalue weighted by atomic mass is 16.6. The topological polar surface area (TPSA) is 155 Å². The number of hydrogen-bond donors (Lipinski definition) is 5. The molecule has 0 aliphatic carbocycles. The Hall–Kier alpha value is -3.09. The van der Waals surface area contributed by atoms with Crippen molar-refractivity contribution in [1.82, 2.24) is 30.5 Å². The summed E-state index contributed by atoms with van der Waals surface area (Å²) in [6.07, 6.45) is 2.96. The maximum absolute atomic E-state index is 11.8. The highest BCUT2D eigenvalue weighted by molar-refractivity contribution is 5.67. The van der Waals surface area contributed by atoms with Gasteiger partial charge in [-0.15, -0.1) is 0 Å². The van der Waals surface area contributed by atoms with Gasteiger partial charge in [-0.1, -0.05) is 0 Å². The highest BCUT2D eigenvalue weighted by Gasteiger charge is 2.16. The van der Waals surface area contributed by atoms with Crippen molar-refractivity contribution in [2.75, 3.05) is 68.3 Å². The number of likely N-dealkylation sites (tertiary alicyclic amines) is 1. The van der Waals surface area contributed by atoms with Crippen molar-refractivity contribution in [2.45, 2.75) is 78.4 Å². The predicted octanol–water partition coefficient (Wildman–Crippen LogP) is 3.03. The Balaban J connectivity index is 1.82. The van der Waals surface area contributed by atoms with Crippen LogP contribution in [0.25, 0.3) is 0 Å². The number of nitrogens with zero attached hydrogens (tertiary/aromatic N) is 4. The lowest BCUT2D eigenvalue weighted by Gasteiger charge is -2.19. The van der Waals surface area contributed by atoms with E-state index in [0.717, 1.165) is 26.2 Å². The van der Waals surface area contributed by atoms with E-state index in [4.69, 9.17) is 9.47 Å². The smallest absolute Gasteiger partial charge is 0.407 e. The van der Waals surface area contributed by atoms with Crippen LogP contribution in [-0.2, 0) is 9.47 Å². The normalized spacial score (nSPS) is 14.1. The van der Waals surface area contributed by atoms with Crippen LogP contribution in [0, 0.1) is 0 Å². The van der Waals surface area contributed by atoms with Crippen molar-refractivity contribution in [3.63, 3.8) is 0 Å². The van der Waals surface area contributed by atoms with Crippen LogP contribution >= 0.6 is 0 Å². The number of alkyl carbamates (subject to hydrolysis) is 2. The Labute approximate surface area is 226 Å². The van der Waals surface area contributed by atoms with Gasteiger partial charge in [-0.25, -0.2) is 9.59 Å². The molecule has 5 N–H and O–H groups in total. The second-order valence-electron chi connectivity index (χ2n) is 11.2. The quantitative estimate of drug-likeness (QED) is 0.222. The van der Waals surface area contributed by atoms with Crippen LogP contribution in [0.2, 0.25) is 0 Å². The summed E-state index contributed by atoms with van der Waals surface area (Å²) in [5, 5.41) is 15.2. The average Bonchev–Trinajstić information content (AvgIpc) is 3.30. The number of anilines is 3. The maximum Gasteiger partial charge on any atom is 0.407 e. The van der Waals surface area contributed by atoms with E-state index >= 15 is 0 Å². The SMILES string of the molecule is CC(C)(C)OC(=O)NCCCNc1nc(NCCCNC(=O)OC(C)(C)C)nc(NCCN2CCCC2)n1. The van der Waals surface area contributed by atoms with Crippen LogP contribution in [0.1, 0.15) is 67.2 Å². The zero-order valence-electron chi connectivity index (χ0n) is 23.9. The number of carbonyl (C=O) groups is 2. The van der Waals surface area contributed by atoms with Crippen LogP contribution in [-0.4, -0.2) is 95.6 Å². The molecule has 2 rings (SSSR count). The van der Waals surface area contributed by atoms with Gasteiger partial charge in [-0.3, -0.25) is 0 Å². The molecule has 0 saturated carbocycles. The molecule has 0 aromatic carbocycles. The molecule has 0 bridgehead atoms. The first kappa shape index (κ1) is 31.1. The van der Waals surface area contributed by atoms with E-state index in [2.05, 4.69) is 46.4 Å². The molecule has 1 aromatic rings. The first-order valence-electron chi connectivity index (χ1n) is 13.5. The van der Waals surface area contributed by atoms with Crippen molar-refractivity contribution in [3.05, 3.63) is 0 Å². The Morgan fingerprint density at radius 1 is 0.684 bits per heavy atom. The molecule has 1 aromatic heterocycles. The third-order valence-corrected chi connectivity index (χ3v) is 5.16. The summed E-state index contributed by atoms with van der Waals surface area (Å²) < 4.78 is 10.5. The average molecular weight is 538 g/mol. The third-order valence-electron chi connectivity index (χ3n) is 5.16. The van der Waals surface area contributed by atoms with Crippen LogP contribution in [0.4, 0.5) is 27.4 Å². The van der Waals surface area contributed by atoms with E-state index in [0.29, 0.717) is 56.9 Å². The molecule has 0 unspecified atom stereocenters. The number of nitrogens with one attached hydrogen (secondary N) is 5. The minimum atomic E-state index is -0.527. The van der Waals surface area contributed by atoms with Crippen LogP contribution < -0.4 is 26.6 Å². The summed E-state index contributed by atoms with van der Waals surface area (Å²) >= 11 is 0. The van der Waals surface area contributed by atoms with Crippen molar-refractivity contribution in [2.24, 2.45) is 0 Å². The Morgan fingerprint density at radius 3 is 1.47 bits per heavy atom. The third kappa shape index (κ3) is 14.6. The number of ether oxygens (including phenoxy) is 2. The minimum Gasteiger partial charge on any atom is -0.444 e. The molecule has 13 heteroatoms. The molecule has 0 spiro atoms. The summed E-state index contributed by atoms with van der Waals surface area (Å²) in [5.41, 5.74) is -1.05. The Bertz CT molecular complexity index is 809. The number of carbonyl (C=O) groups excluding carboxylic acids is 2. The molecule has 1 fully saturated rings. The predicted molar refractivity (Wildman–Crippen MR) is 149 cm³/mol. The highest BCUT2D eigenvalue weighted by Crippen LogP contribution is 2.11. The van der Waals surface area contributed by atoms with E-state index in [9.17, 15) is 9.59 Å². The molecule has 13 nitrogen and oxygen atoms in total. The van der Waals surface area contributed by atoms with Gasteiger partial charge in [0, 0.05) is 39.3 Å². The molecule has 2 amide bonds. The number of rotatable bonds is 14. The first-order valence-corrected chi connectivity index (χ1v) is 13.5. The van der Waals surface area contributed by atoms with Gasteiger partial charge in [0.05, 0.1) is 0 Å². The van der Waals surface area contributed by atoms with Crippen molar-refractivity contribution in [1.29, 1.82) is 0 Å². The van der Waals surface area contributed by atoms with Gasteiger partial charge >= 0.3 is 12.2 Å². The Morgan fingerprint density at radius 2 is 1.08 bits per heavy atom. The molecular weight excluding hydrogens is 490 g/mol. The van der Waals surface area contributed by atoms with Crippen LogP contribution in [0.5, 0.6) is 0 Å². The summed E-state index contributed by atoms with van der Waals surface area (Å²) in [6, 6.07) is 0. The van der Waals surface area contributed by atoms with Gasteiger partial charge in [-0.2, -0.15) is 15.0 Å². The zero-order chi connectivity index (χ0) is 28.0. The molecule has 2 heterocycles. The van der Waals surface area contributed by atoms with Crippen LogP contribution in [0.15, 0.2) is 0 Å². The lowest BCUT2D eigenvalue weighted by atomic mass is 10.2. The van der Waals surface area contributed by atoms with Crippen molar-refractivity contribution in [3.8, 4) is 0 Å². The Kier molecular flexibility index (Phi) is 12.6. The van der Waals surface area contributed by atoms with Gasteiger partial charge in [0.1, 0.15) is 11.2 Å². The van der Waals surface area contributed by atoms with E-state index in [1.54, 1.807) is 0 Å². The van der Waals surface area contributed by atoms with Gasteiger partial charge in [0.2, 0.25) is 17.8 Å². The van der Waals surface area contributed by atoms with Gasteiger partial charge in [0.25, 0.3) is 0 Å². The zero-order valence-corrected chi connectivity index (χ0v) is 23.9. The molecule has 0 radical (unpaired) electrons. The van der Waals surface area contributed by atoms with E-state index in [1.807, 2.05) is 41.5 Å². The largest absolute Gasteiger partial charge is 0.444 e. The minimum absolute atomic E-state index is 0.435. The van der Waals surface area contributed by atoms with Gasteiger partial charge in [0.15, 0.2) is 0 Å². The van der Waals surface area contributed by atoms with Crippen molar-refractivity contribution >= 4 is 30.0 Å². The van der Waals surface area contributed by atoms with E-state index < -0.39 is 23.4 Å². The fraction of sp³-hybridized carbons (Fsp3) is 0.800. The summed E-state index contributed by atoms with van der Waals surface area (Å²) in [5.74, 6) is 1.37. The molecule has 216 valence electrons. The molecule has 38 heavy (non-hydrogen) atoms. The van der Waals surface area contributed by atoms with Gasteiger partial charge in [-0.05, 0) is 80.3 Å². The second-order valence-corrected chi connectivity index (χ2v) is 11.2. The lowest BCUT2D eigenvalue weighted by molar-refractivity contribution is 0.0516. The van der Waals surface area contributed by atoms with E-state index in [-0.39, 0.29) is 0 Å². The summed E-state index contributed by atoms with van der Waals surface area (Å²) in [7, 11) is 0. The van der Waals surface area contributed by atoms with Crippen LogP contribution in [0.3, 0.4) is 0 Å². The molecule has 1 aliphatic rings. The molecular formula is C25H47N9O4. The monoisotopic (exact) mass is 537 g/mol. The number of amides is 2. The standard InChI is InChI=1S/C25H47N9O4/c1-24(2,3)37-22(35)29-13-9-11-26-19-31-20(27-12-10-14-30-23(36)38-25(4,5)6)33-21(32-19)28-15-18-34-16-7-8-17-34/h7-18H2,1-6H3,(H,29,35)(H,30,36)(H3,26,27,28,31,32,33).